The highest BCUT2D eigenvalue weighted by Gasteiger charge is 2.31. The first-order valence-electron chi connectivity index (χ1n) is 9.63. The van der Waals surface area contributed by atoms with E-state index in [1.807, 2.05) is 24.3 Å². The van der Waals surface area contributed by atoms with Crippen molar-refractivity contribution in [3.8, 4) is 11.1 Å². The van der Waals surface area contributed by atoms with Crippen LogP contribution in [-0.2, 0) is 19.3 Å². The summed E-state index contributed by atoms with van der Waals surface area (Å²) in [7, 11) is 0. The number of hydrogen-bond acceptors (Lipinski definition) is 0. The number of fused-ring (bicyclic) bond motifs is 1. The highest BCUT2D eigenvalue weighted by atomic mass is 19.2. The summed E-state index contributed by atoms with van der Waals surface area (Å²) in [6.07, 6.45) is 1.94. The normalized spacial score (nSPS) is 16.0. The molecule has 0 nitrogen and oxygen atoms in total. The minimum absolute atomic E-state index is 0.0298. The zero-order chi connectivity index (χ0) is 20.7. The van der Waals surface area contributed by atoms with E-state index in [4.69, 9.17) is 0 Å². The molecule has 1 aliphatic rings. The summed E-state index contributed by atoms with van der Waals surface area (Å²) in [5, 5.41) is 0. The number of aryl methyl sites for hydroxylation is 1. The molecule has 0 bridgehead atoms. The average Bonchev–Trinajstić information content (AvgIpc) is 2.74. The molecule has 0 N–H and O–H groups in total. The minimum Gasteiger partial charge on any atom is -0.206 e. The summed E-state index contributed by atoms with van der Waals surface area (Å²) in [5.41, 5.74) is 1.47. The summed E-state index contributed by atoms with van der Waals surface area (Å²) in [6, 6.07) is 10.5. The van der Waals surface area contributed by atoms with Gasteiger partial charge in [-0.3, -0.25) is 0 Å². The van der Waals surface area contributed by atoms with E-state index < -0.39 is 34.6 Å². The van der Waals surface area contributed by atoms with Gasteiger partial charge in [0.25, 0.3) is 0 Å². The molecular weight excluding hydrogens is 383 g/mol. The Morgan fingerprint density at radius 2 is 1.52 bits per heavy atom. The zero-order valence-corrected chi connectivity index (χ0v) is 15.8. The molecule has 1 unspecified atom stereocenters. The first kappa shape index (κ1) is 19.6. The van der Waals surface area contributed by atoms with Crippen LogP contribution in [0.15, 0.2) is 42.5 Å². The van der Waals surface area contributed by atoms with Crippen LogP contribution in [0.2, 0.25) is 0 Å². The highest BCUT2D eigenvalue weighted by molar-refractivity contribution is 5.67. The van der Waals surface area contributed by atoms with Crippen molar-refractivity contribution >= 4 is 0 Å². The van der Waals surface area contributed by atoms with Crippen molar-refractivity contribution < 1.29 is 22.0 Å². The largest absolute Gasteiger partial charge is 0.206 e. The molecular formula is C24H19F5. The maximum Gasteiger partial charge on any atom is 0.169 e. The molecule has 0 aromatic heterocycles. The van der Waals surface area contributed by atoms with E-state index in [-0.39, 0.29) is 35.4 Å². The molecule has 0 fully saturated rings. The molecule has 0 amide bonds. The maximum atomic E-state index is 15.1. The molecule has 0 radical (unpaired) electrons. The minimum atomic E-state index is -1.37. The van der Waals surface area contributed by atoms with Crippen molar-refractivity contribution in [3.63, 3.8) is 0 Å². The lowest BCUT2D eigenvalue weighted by atomic mass is 9.78. The van der Waals surface area contributed by atoms with E-state index in [2.05, 4.69) is 6.92 Å². The molecule has 0 saturated carbocycles. The Morgan fingerprint density at radius 3 is 2.17 bits per heavy atom. The monoisotopic (exact) mass is 402 g/mol. The van der Waals surface area contributed by atoms with Crippen molar-refractivity contribution in [1.29, 1.82) is 0 Å². The number of benzene rings is 3. The van der Waals surface area contributed by atoms with Gasteiger partial charge in [0, 0.05) is 0 Å². The Labute approximate surface area is 166 Å². The fourth-order valence-corrected chi connectivity index (χ4v) is 4.11. The van der Waals surface area contributed by atoms with Crippen molar-refractivity contribution in [2.75, 3.05) is 0 Å². The molecule has 0 saturated heterocycles. The average molecular weight is 402 g/mol. The van der Waals surface area contributed by atoms with Gasteiger partial charge in [0.05, 0.1) is 5.56 Å². The van der Waals surface area contributed by atoms with Gasteiger partial charge in [-0.15, -0.1) is 0 Å². The van der Waals surface area contributed by atoms with E-state index in [1.165, 1.54) is 5.56 Å². The van der Waals surface area contributed by atoms with Crippen molar-refractivity contribution in [2.24, 2.45) is 0 Å². The molecule has 5 heteroatoms. The molecule has 4 rings (SSSR count). The smallest absolute Gasteiger partial charge is 0.169 e. The lowest BCUT2D eigenvalue weighted by Gasteiger charge is -2.27. The van der Waals surface area contributed by atoms with Crippen LogP contribution < -0.4 is 0 Å². The molecule has 1 atom stereocenters. The van der Waals surface area contributed by atoms with Gasteiger partial charge in [0.2, 0.25) is 0 Å². The van der Waals surface area contributed by atoms with Crippen molar-refractivity contribution in [2.45, 2.75) is 38.5 Å². The second-order valence-electron chi connectivity index (χ2n) is 7.44. The van der Waals surface area contributed by atoms with Crippen LogP contribution in [0.25, 0.3) is 11.1 Å². The van der Waals surface area contributed by atoms with Crippen LogP contribution in [0, 0.1) is 29.1 Å². The fraction of sp³-hybridized carbons (Fsp3) is 0.250. The van der Waals surface area contributed by atoms with Gasteiger partial charge < -0.3 is 0 Å². The molecule has 3 aromatic carbocycles. The first-order valence-corrected chi connectivity index (χ1v) is 9.63. The quantitative estimate of drug-likeness (QED) is 0.331. The zero-order valence-electron chi connectivity index (χ0n) is 15.8. The molecule has 1 aliphatic carbocycles. The Bertz CT molecular complexity index is 1070. The number of halogens is 5. The molecule has 0 aliphatic heterocycles. The Balaban J connectivity index is 1.75. The SMILES string of the molecule is CCc1ccc(C2CCc3c(F)c(-c4ccc(F)c(F)c4)c(F)c(F)c3C2)cc1. The second kappa shape index (κ2) is 7.62. The predicted molar refractivity (Wildman–Crippen MR) is 102 cm³/mol. The summed E-state index contributed by atoms with van der Waals surface area (Å²) < 4.78 is 71.5. The highest BCUT2D eigenvalue weighted by Crippen LogP contribution is 2.40. The third kappa shape index (κ3) is 3.43. The van der Waals surface area contributed by atoms with Crippen LogP contribution in [-0.4, -0.2) is 0 Å². The van der Waals surface area contributed by atoms with E-state index in [9.17, 15) is 17.6 Å². The molecule has 29 heavy (non-hydrogen) atoms. The van der Waals surface area contributed by atoms with Gasteiger partial charge in [-0.05, 0) is 71.6 Å². The summed E-state index contributed by atoms with van der Waals surface area (Å²) >= 11 is 0. The maximum absolute atomic E-state index is 15.1. The third-order valence-corrected chi connectivity index (χ3v) is 5.79. The van der Waals surface area contributed by atoms with Crippen LogP contribution in [0.4, 0.5) is 22.0 Å². The van der Waals surface area contributed by atoms with Crippen LogP contribution in [0.1, 0.15) is 41.5 Å². The number of rotatable bonds is 3. The number of hydrogen-bond donors (Lipinski definition) is 0. The molecule has 150 valence electrons. The van der Waals surface area contributed by atoms with Crippen molar-refractivity contribution in [3.05, 3.63) is 93.8 Å². The lowest BCUT2D eigenvalue weighted by molar-refractivity contribution is 0.458. The topological polar surface area (TPSA) is 0 Å². The third-order valence-electron chi connectivity index (χ3n) is 5.79. The van der Waals surface area contributed by atoms with Gasteiger partial charge >= 0.3 is 0 Å². The van der Waals surface area contributed by atoms with E-state index in [1.54, 1.807) is 0 Å². The Hall–Kier alpha value is -2.69. The van der Waals surface area contributed by atoms with Gasteiger partial charge in [0.1, 0.15) is 5.82 Å². The summed E-state index contributed by atoms with van der Waals surface area (Å²) in [5.74, 6) is -5.79. The van der Waals surface area contributed by atoms with E-state index in [0.29, 0.717) is 12.5 Å². The predicted octanol–water partition coefficient (Wildman–Crippen LogP) is 6.88. The molecule has 0 heterocycles. The molecule has 3 aromatic rings. The fourth-order valence-electron chi connectivity index (χ4n) is 4.11. The lowest BCUT2D eigenvalue weighted by Crippen LogP contribution is -2.18. The second-order valence-corrected chi connectivity index (χ2v) is 7.44. The van der Waals surface area contributed by atoms with Crippen LogP contribution >= 0.6 is 0 Å². The van der Waals surface area contributed by atoms with E-state index >= 15 is 4.39 Å². The van der Waals surface area contributed by atoms with E-state index in [0.717, 1.165) is 24.1 Å². The van der Waals surface area contributed by atoms with Gasteiger partial charge in [-0.1, -0.05) is 37.3 Å². The molecule has 0 spiro atoms. The summed E-state index contributed by atoms with van der Waals surface area (Å²) in [4.78, 5) is 0. The van der Waals surface area contributed by atoms with Gasteiger partial charge in [-0.25, -0.2) is 22.0 Å². The standard InChI is InChI=1S/C24H19F5/c1-2-13-3-5-14(6-4-13)15-7-9-17-18(11-15)23(28)24(29)21(22(17)27)16-8-10-19(25)20(26)12-16/h3-6,8,10,12,15H,2,7,9,11H2,1H3. The van der Waals surface area contributed by atoms with Crippen LogP contribution in [0.5, 0.6) is 0 Å². The van der Waals surface area contributed by atoms with Gasteiger partial charge in [-0.2, -0.15) is 0 Å². The Morgan fingerprint density at radius 1 is 0.793 bits per heavy atom. The first-order chi connectivity index (χ1) is 13.9. The van der Waals surface area contributed by atoms with Crippen molar-refractivity contribution in [1.82, 2.24) is 0 Å². The Kier molecular flexibility index (Phi) is 5.15. The van der Waals surface area contributed by atoms with Gasteiger partial charge in [0.15, 0.2) is 23.3 Å². The van der Waals surface area contributed by atoms with Crippen LogP contribution in [0.3, 0.4) is 0 Å². The summed E-state index contributed by atoms with van der Waals surface area (Å²) in [6.45, 7) is 2.05.